The molecule has 2 aromatic rings. The number of rotatable bonds is 6. The maximum atomic E-state index is 11.2. The molecule has 0 radical (unpaired) electrons. The summed E-state index contributed by atoms with van der Waals surface area (Å²) in [6.07, 6.45) is 0.922. The Kier molecular flexibility index (Phi) is 5.73. The zero-order valence-corrected chi connectivity index (χ0v) is 15.5. The van der Waals surface area contributed by atoms with Gasteiger partial charge in [-0.25, -0.2) is 4.98 Å². The van der Waals surface area contributed by atoms with Crippen molar-refractivity contribution >= 4 is 6.41 Å². The van der Waals surface area contributed by atoms with Crippen molar-refractivity contribution in [2.45, 2.75) is 13.0 Å². The fraction of sp³-hybridized carbons (Fsp3) is 0.400. The van der Waals surface area contributed by atoms with E-state index in [1.54, 1.807) is 14.2 Å². The Hall–Kier alpha value is -2.60. The van der Waals surface area contributed by atoms with E-state index < -0.39 is 0 Å². The number of methoxy groups -OCH3 is 2. The molecule has 0 aliphatic carbocycles. The summed E-state index contributed by atoms with van der Waals surface area (Å²) in [7, 11) is 3.29. The minimum Gasteiger partial charge on any atom is -0.497 e. The van der Waals surface area contributed by atoms with Crippen LogP contribution in [0.1, 0.15) is 18.5 Å². The van der Waals surface area contributed by atoms with Gasteiger partial charge in [0.05, 0.1) is 26.0 Å². The van der Waals surface area contributed by atoms with Crippen molar-refractivity contribution in [3.8, 4) is 22.9 Å². The zero-order chi connectivity index (χ0) is 18.5. The Labute approximate surface area is 154 Å². The van der Waals surface area contributed by atoms with Crippen molar-refractivity contribution in [3.05, 3.63) is 42.0 Å². The zero-order valence-electron chi connectivity index (χ0n) is 15.5. The van der Waals surface area contributed by atoms with E-state index in [4.69, 9.17) is 14.5 Å². The van der Waals surface area contributed by atoms with Crippen LogP contribution in [-0.2, 0) is 4.79 Å². The lowest BCUT2D eigenvalue weighted by molar-refractivity contribution is -0.121. The minimum atomic E-state index is 0.0892. The van der Waals surface area contributed by atoms with Gasteiger partial charge in [0.25, 0.3) is 0 Å². The van der Waals surface area contributed by atoms with Crippen LogP contribution < -0.4 is 9.47 Å². The first kappa shape index (κ1) is 18.2. The lowest BCUT2D eigenvalue weighted by Gasteiger charge is -2.39. The normalized spacial score (nSPS) is 17.8. The maximum Gasteiger partial charge on any atom is 0.218 e. The van der Waals surface area contributed by atoms with E-state index >= 15 is 0 Å². The number of benzene rings is 1. The van der Waals surface area contributed by atoms with E-state index in [-0.39, 0.29) is 6.04 Å². The average molecular weight is 355 g/mol. The number of pyridine rings is 1. The highest BCUT2D eigenvalue weighted by Crippen LogP contribution is 2.33. The lowest BCUT2D eigenvalue weighted by Crippen LogP contribution is -2.47. The summed E-state index contributed by atoms with van der Waals surface area (Å²) in [6, 6.07) is 12.0. The predicted molar refractivity (Wildman–Crippen MR) is 100 cm³/mol. The summed E-state index contributed by atoms with van der Waals surface area (Å²) in [5.74, 6) is 1.42. The summed E-state index contributed by atoms with van der Waals surface area (Å²) in [5, 5.41) is 0. The second kappa shape index (κ2) is 8.19. The Balaban J connectivity index is 1.93. The molecule has 1 unspecified atom stereocenters. The molecule has 6 nitrogen and oxygen atoms in total. The van der Waals surface area contributed by atoms with Gasteiger partial charge in [0.15, 0.2) is 0 Å². The van der Waals surface area contributed by atoms with E-state index in [1.165, 1.54) is 0 Å². The first-order valence-corrected chi connectivity index (χ1v) is 8.83. The summed E-state index contributed by atoms with van der Waals surface area (Å²) < 4.78 is 10.8. The van der Waals surface area contributed by atoms with E-state index in [1.807, 2.05) is 35.2 Å². The molecular weight excluding hydrogens is 330 g/mol. The number of aromatic nitrogens is 1. The van der Waals surface area contributed by atoms with Crippen LogP contribution in [0.2, 0.25) is 0 Å². The molecule has 0 bridgehead atoms. The topological polar surface area (TPSA) is 54.9 Å². The molecule has 138 valence electrons. The lowest BCUT2D eigenvalue weighted by atomic mass is 10.0. The molecule has 1 fully saturated rings. The van der Waals surface area contributed by atoms with Gasteiger partial charge >= 0.3 is 0 Å². The third kappa shape index (κ3) is 3.65. The molecule has 1 saturated heterocycles. The fourth-order valence-electron chi connectivity index (χ4n) is 3.40. The van der Waals surface area contributed by atoms with E-state index in [9.17, 15) is 4.79 Å². The Morgan fingerprint density at radius 3 is 2.50 bits per heavy atom. The van der Waals surface area contributed by atoms with E-state index in [0.29, 0.717) is 12.4 Å². The minimum absolute atomic E-state index is 0.0892. The van der Waals surface area contributed by atoms with E-state index in [0.717, 1.165) is 48.6 Å². The van der Waals surface area contributed by atoms with E-state index in [2.05, 4.69) is 17.9 Å². The number of piperazine rings is 1. The Morgan fingerprint density at radius 1 is 1.12 bits per heavy atom. The van der Waals surface area contributed by atoms with Crippen molar-refractivity contribution < 1.29 is 14.3 Å². The summed E-state index contributed by atoms with van der Waals surface area (Å²) in [5.41, 5.74) is 2.86. The number of nitrogens with zero attached hydrogens (tertiary/aromatic N) is 3. The van der Waals surface area contributed by atoms with Gasteiger partial charge in [0.1, 0.15) is 5.75 Å². The van der Waals surface area contributed by atoms with Crippen LogP contribution in [-0.4, -0.2) is 61.6 Å². The fourth-order valence-corrected chi connectivity index (χ4v) is 3.40. The number of ether oxygens (including phenoxy) is 2. The first-order valence-electron chi connectivity index (χ1n) is 8.83. The van der Waals surface area contributed by atoms with Crippen LogP contribution >= 0.6 is 0 Å². The largest absolute Gasteiger partial charge is 0.497 e. The van der Waals surface area contributed by atoms with Crippen molar-refractivity contribution in [1.29, 1.82) is 0 Å². The second-order valence-corrected chi connectivity index (χ2v) is 6.27. The number of amides is 1. The molecule has 0 N–H and O–H groups in total. The van der Waals surface area contributed by atoms with Crippen LogP contribution in [0.5, 0.6) is 11.6 Å². The molecule has 2 heterocycles. The van der Waals surface area contributed by atoms with Gasteiger partial charge in [-0.3, -0.25) is 9.69 Å². The molecule has 26 heavy (non-hydrogen) atoms. The third-order valence-electron chi connectivity index (χ3n) is 4.91. The van der Waals surface area contributed by atoms with Gasteiger partial charge in [0, 0.05) is 30.8 Å². The molecule has 1 aliphatic rings. The highest BCUT2D eigenvalue weighted by molar-refractivity contribution is 5.61. The number of hydrogen-bond donors (Lipinski definition) is 0. The second-order valence-electron chi connectivity index (χ2n) is 6.27. The average Bonchev–Trinajstić information content (AvgIpc) is 2.72. The van der Waals surface area contributed by atoms with Gasteiger partial charge in [0.2, 0.25) is 12.3 Å². The van der Waals surface area contributed by atoms with Crippen molar-refractivity contribution in [2.24, 2.45) is 0 Å². The number of hydrogen-bond acceptors (Lipinski definition) is 5. The monoisotopic (exact) mass is 355 g/mol. The number of carbonyl (C=O) groups is 1. The van der Waals surface area contributed by atoms with Crippen molar-refractivity contribution in [1.82, 2.24) is 14.8 Å². The first-order chi connectivity index (χ1) is 12.7. The van der Waals surface area contributed by atoms with Gasteiger partial charge in [-0.15, -0.1) is 0 Å². The smallest absolute Gasteiger partial charge is 0.218 e. The predicted octanol–water partition coefficient (Wildman–Crippen LogP) is 2.60. The SMILES string of the molecule is CCN1CCN(C=O)CC1c1ccc(-c2ccc(OC)cc2)nc1OC. The molecule has 3 rings (SSSR count). The standard InChI is InChI=1S/C20H25N3O3/c1-4-23-12-11-22(14-24)13-19(23)17-9-10-18(21-20(17)26-3)15-5-7-16(25-2)8-6-15/h5-10,14,19H,4,11-13H2,1-3H3. The summed E-state index contributed by atoms with van der Waals surface area (Å²) >= 11 is 0. The Morgan fingerprint density at radius 2 is 1.88 bits per heavy atom. The summed E-state index contributed by atoms with van der Waals surface area (Å²) in [6.45, 7) is 5.31. The third-order valence-corrected chi connectivity index (χ3v) is 4.91. The molecule has 1 aromatic heterocycles. The van der Waals surface area contributed by atoms with Crippen molar-refractivity contribution in [3.63, 3.8) is 0 Å². The van der Waals surface area contributed by atoms with Gasteiger partial charge in [-0.05, 0) is 42.9 Å². The quantitative estimate of drug-likeness (QED) is 0.746. The molecule has 1 amide bonds. The van der Waals surface area contributed by atoms with Crippen LogP contribution in [0, 0.1) is 0 Å². The van der Waals surface area contributed by atoms with Crippen LogP contribution in [0.3, 0.4) is 0 Å². The van der Waals surface area contributed by atoms with Crippen LogP contribution in [0.15, 0.2) is 36.4 Å². The molecule has 0 spiro atoms. The van der Waals surface area contributed by atoms with Crippen LogP contribution in [0.25, 0.3) is 11.3 Å². The molecule has 1 atom stereocenters. The van der Waals surface area contributed by atoms with Gasteiger partial charge < -0.3 is 14.4 Å². The maximum absolute atomic E-state index is 11.2. The molecular formula is C20H25N3O3. The molecule has 0 saturated carbocycles. The summed E-state index contributed by atoms with van der Waals surface area (Å²) in [4.78, 5) is 20.1. The highest BCUT2D eigenvalue weighted by atomic mass is 16.5. The van der Waals surface area contributed by atoms with Crippen LogP contribution in [0.4, 0.5) is 0 Å². The Bertz CT molecular complexity index is 748. The van der Waals surface area contributed by atoms with Crippen molar-refractivity contribution in [2.75, 3.05) is 40.4 Å². The molecule has 1 aromatic carbocycles. The molecule has 1 aliphatic heterocycles. The van der Waals surface area contributed by atoms with Gasteiger partial charge in [-0.1, -0.05) is 6.92 Å². The van der Waals surface area contributed by atoms with Gasteiger partial charge in [-0.2, -0.15) is 0 Å². The molecule has 6 heteroatoms. The number of carbonyl (C=O) groups excluding carboxylic acids is 1. The highest BCUT2D eigenvalue weighted by Gasteiger charge is 2.29. The number of likely N-dealkylation sites (N-methyl/N-ethyl adjacent to an activating group) is 1.